The van der Waals surface area contributed by atoms with Crippen LogP contribution in [-0.2, 0) is 11.3 Å². The number of ether oxygens (including phenoxy) is 1. The third-order valence-electron chi connectivity index (χ3n) is 6.25. The van der Waals surface area contributed by atoms with Crippen LogP contribution in [0.3, 0.4) is 0 Å². The molecule has 11 heteroatoms. The van der Waals surface area contributed by atoms with Crippen molar-refractivity contribution in [3.63, 3.8) is 0 Å². The molecule has 1 aliphatic carbocycles. The average molecular weight is 458 g/mol. The van der Waals surface area contributed by atoms with Crippen molar-refractivity contribution >= 4 is 11.9 Å². The SMILES string of the molecule is CN1C[C@H](N(C(=O)NCc2ccc(OC(F)(F)F)cc2F)C2CC2)C[C@]2(CNC(=O)C2)C1. The smallest absolute Gasteiger partial charge is 0.406 e. The summed E-state index contributed by atoms with van der Waals surface area (Å²) in [4.78, 5) is 28.8. The van der Waals surface area contributed by atoms with Crippen LogP contribution >= 0.6 is 0 Å². The summed E-state index contributed by atoms with van der Waals surface area (Å²) in [6, 6.07) is 2.51. The molecular weight excluding hydrogens is 432 g/mol. The van der Waals surface area contributed by atoms with Crippen molar-refractivity contribution in [3.8, 4) is 5.75 Å². The number of nitrogens with zero attached hydrogens (tertiary/aromatic N) is 2. The summed E-state index contributed by atoms with van der Waals surface area (Å²) >= 11 is 0. The number of halogens is 4. The lowest BCUT2D eigenvalue weighted by atomic mass is 9.77. The largest absolute Gasteiger partial charge is 0.573 e. The van der Waals surface area contributed by atoms with E-state index in [-0.39, 0.29) is 41.5 Å². The Labute approximate surface area is 183 Å². The molecule has 0 aromatic heterocycles. The molecule has 32 heavy (non-hydrogen) atoms. The Hall–Kier alpha value is -2.56. The highest BCUT2D eigenvalue weighted by Crippen LogP contribution is 2.40. The zero-order valence-electron chi connectivity index (χ0n) is 17.7. The number of likely N-dealkylation sites (tertiary alicyclic amines) is 1. The molecule has 0 bridgehead atoms. The van der Waals surface area contributed by atoms with E-state index in [1.807, 2.05) is 7.05 Å². The molecular formula is C21H26F4N4O3. The van der Waals surface area contributed by atoms with Gasteiger partial charge in [0.15, 0.2) is 0 Å². The molecule has 1 spiro atoms. The first-order valence-corrected chi connectivity index (χ1v) is 10.6. The first-order chi connectivity index (χ1) is 15.0. The van der Waals surface area contributed by atoms with Crippen LogP contribution in [0.25, 0.3) is 0 Å². The van der Waals surface area contributed by atoms with Crippen LogP contribution in [0.2, 0.25) is 0 Å². The van der Waals surface area contributed by atoms with Crippen molar-refractivity contribution in [1.82, 2.24) is 20.4 Å². The zero-order chi connectivity index (χ0) is 23.1. The summed E-state index contributed by atoms with van der Waals surface area (Å²) < 4.78 is 54.8. The fraction of sp³-hybridized carbons (Fsp3) is 0.619. The molecule has 7 nitrogen and oxygen atoms in total. The molecule has 2 saturated heterocycles. The van der Waals surface area contributed by atoms with E-state index in [0.717, 1.165) is 31.5 Å². The van der Waals surface area contributed by atoms with E-state index in [0.29, 0.717) is 32.0 Å². The molecule has 2 N–H and O–H groups in total. The topological polar surface area (TPSA) is 73.9 Å². The fourth-order valence-corrected chi connectivity index (χ4v) is 4.93. The maximum atomic E-state index is 14.2. The van der Waals surface area contributed by atoms with Crippen LogP contribution in [0, 0.1) is 11.2 Å². The van der Waals surface area contributed by atoms with Crippen molar-refractivity contribution in [2.24, 2.45) is 5.41 Å². The summed E-state index contributed by atoms with van der Waals surface area (Å²) in [7, 11) is 1.97. The average Bonchev–Trinajstić information content (AvgIpc) is 3.43. The molecule has 2 heterocycles. The summed E-state index contributed by atoms with van der Waals surface area (Å²) in [5.74, 6) is -1.52. The quantitative estimate of drug-likeness (QED) is 0.666. The number of alkyl halides is 3. The van der Waals surface area contributed by atoms with Gasteiger partial charge in [-0.05, 0) is 32.4 Å². The van der Waals surface area contributed by atoms with Gasteiger partial charge in [-0.1, -0.05) is 6.07 Å². The van der Waals surface area contributed by atoms with Crippen LogP contribution in [0.15, 0.2) is 18.2 Å². The van der Waals surface area contributed by atoms with Gasteiger partial charge in [0, 0.05) is 61.7 Å². The lowest BCUT2D eigenvalue weighted by Gasteiger charge is -2.46. The number of carbonyl (C=O) groups is 2. The van der Waals surface area contributed by atoms with Gasteiger partial charge in [-0.2, -0.15) is 0 Å². The Morgan fingerprint density at radius 3 is 2.69 bits per heavy atom. The van der Waals surface area contributed by atoms with Crippen LogP contribution in [0.4, 0.5) is 22.4 Å². The Morgan fingerprint density at radius 1 is 1.34 bits per heavy atom. The van der Waals surface area contributed by atoms with Crippen LogP contribution < -0.4 is 15.4 Å². The van der Waals surface area contributed by atoms with Crippen LogP contribution in [0.5, 0.6) is 5.75 Å². The highest BCUT2D eigenvalue weighted by Gasteiger charge is 2.48. The fourth-order valence-electron chi connectivity index (χ4n) is 4.93. The predicted octanol–water partition coefficient (Wildman–Crippen LogP) is 2.61. The molecule has 2 atom stereocenters. The van der Waals surface area contributed by atoms with Crippen molar-refractivity contribution in [2.45, 2.75) is 50.7 Å². The molecule has 0 unspecified atom stereocenters. The number of urea groups is 1. The van der Waals surface area contributed by atoms with Gasteiger partial charge in [-0.25, -0.2) is 9.18 Å². The van der Waals surface area contributed by atoms with E-state index in [1.54, 1.807) is 4.90 Å². The second-order valence-electron chi connectivity index (χ2n) is 9.11. The molecule has 3 amide bonds. The van der Waals surface area contributed by atoms with Gasteiger partial charge >= 0.3 is 12.4 Å². The molecule has 2 aliphatic heterocycles. The standard InChI is InChI=1S/C21H26F4N4O3/c1-28-10-15(7-20(12-28)8-18(30)27-11-20)29(14-3-4-14)19(31)26-9-13-2-5-16(6-17(13)22)32-21(23,24)25/h2,5-6,14-15H,3-4,7-12H2,1H3,(H,26,31)(H,27,30)/t15-,20+/m1/s1. The third kappa shape index (κ3) is 5.25. The highest BCUT2D eigenvalue weighted by molar-refractivity contribution is 5.79. The zero-order valence-corrected chi connectivity index (χ0v) is 17.7. The van der Waals surface area contributed by atoms with Crippen molar-refractivity contribution in [2.75, 3.05) is 26.7 Å². The molecule has 176 valence electrons. The first-order valence-electron chi connectivity index (χ1n) is 10.6. The number of rotatable bonds is 5. The Balaban J connectivity index is 1.42. The normalized spacial score (nSPS) is 26.2. The monoisotopic (exact) mass is 458 g/mol. The molecule has 4 rings (SSSR count). The highest BCUT2D eigenvalue weighted by atomic mass is 19.4. The van der Waals surface area contributed by atoms with Crippen LogP contribution in [-0.4, -0.2) is 66.9 Å². The van der Waals surface area contributed by atoms with Crippen LogP contribution in [0.1, 0.15) is 31.2 Å². The molecule has 1 aromatic rings. The predicted molar refractivity (Wildman–Crippen MR) is 106 cm³/mol. The van der Waals surface area contributed by atoms with Gasteiger partial charge < -0.3 is 25.2 Å². The minimum atomic E-state index is -4.91. The van der Waals surface area contributed by atoms with Gasteiger partial charge in [0.25, 0.3) is 0 Å². The molecule has 1 aromatic carbocycles. The van der Waals surface area contributed by atoms with Crippen molar-refractivity contribution in [1.29, 1.82) is 0 Å². The van der Waals surface area contributed by atoms with E-state index < -0.39 is 17.9 Å². The first kappa shape index (κ1) is 22.6. The minimum Gasteiger partial charge on any atom is -0.406 e. The van der Waals surface area contributed by atoms with E-state index in [1.165, 1.54) is 0 Å². The maximum Gasteiger partial charge on any atom is 0.573 e. The van der Waals surface area contributed by atoms with Crippen molar-refractivity contribution in [3.05, 3.63) is 29.6 Å². The molecule has 1 saturated carbocycles. The molecule has 0 radical (unpaired) electrons. The Kier molecular flexibility index (Phi) is 5.95. The lowest BCUT2D eigenvalue weighted by Crippen LogP contribution is -2.58. The number of nitrogens with one attached hydrogen (secondary N) is 2. The summed E-state index contributed by atoms with van der Waals surface area (Å²) in [6.45, 7) is 1.88. The van der Waals surface area contributed by atoms with Gasteiger partial charge in [-0.15, -0.1) is 13.2 Å². The second kappa shape index (κ2) is 8.42. The molecule has 3 aliphatic rings. The number of likely N-dealkylation sites (N-methyl/N-ethyl adjacent to an activating group) is 1. The van der Waals surface area contributed by atoms with E-state index >= 15 is 0 Å². The van der Waals surface area contributed by atoms with Gasteiger partial charge in [0.2, 0.25) is 5.91 Å². The Bertz CT molecular complexity index is 892. The summed E-state index contributed by atoms with van der Waals surface area (Å²) in [6.07, 6.45) is -1.99. The lowest BCUT2D eigenvalue weighted by molar-refractivity contribution is -0.274. The van der Waals surface area contributed by atoms with Gasteiger partial charge in [0.1, 0.15) is 11.6 Å². The number of amides is 3. The van der Waals surface area contributed by atoms with E-state index in [9.17, 15) is 27.2 Å². The third-order valence-corrected chi connectivity index (χ3v) is 6.25. The Morgan fingerprint density at radius 2 is 2.09 bits per heavy atom. The van der Waals surface area contributed by atoms with Gasteiger partial charge in [-0.3, -0.25) is 4.79 Å². The number of hydrogen-bond donors (Lipinski definition) is 2. The number of benzene rings is 1. The summed E-state index contributed by atoms with van der Waals surface area (Å²) in [5, 5.41) is 5.61. The van der Waals surface area contributed by atoms with E-state index in [4.69, 9.17) is 0 Å². The van der Waals surface area contributed by atoms with Gasteiger partial charge in [0.05, 0.1) is 0 Å². The molecule has 3 fully saturated rings. The maximum absolute atomic E-state index is 14.2. The summed E-state index contributed by atoms with van der Waals surface area (Å²) in [5.41, 5.74) is -0.144. The number of carbonyl (C=O) groups excluding carboxylic acids is 2. The minimum absolute atomic E-state index is 0.0231. The van der Waals surface area contributed by atoms with E-state index in [2.05, 4.69) is 20.3 Å². The number of piperidine rings is 1. The second-order valence-corrected chi connectivity index (χ2v) is 9.11. The number of hydrogen-bond acceptors (Lipinski definition) is 4. The van der Waals surface area contributed by atoms with Crippen molar-refractivity contribution < 1.29 is 31.9 Å².